The fourth-order valence-electron chi connectivity index (χ4n) is 3.33. The highest BCUT2D eigenvalue weighted by molar-refractivity contribution is 5.82. The first-order valence-electron chi connectivity index (χ1n) is 8.75. The molecule has 0 aliphatic carbocycles. The maximum Gasteiger partial charge on any atom is 0.274 e. The van der Waals surface area contributed by atoms with E-state index in [1.807, 2.05) is 30.3 Å². The third kappa shape index (κ3) is 3.23. The van der Waals surface area contributed by atoms with Crippen LogP contribution in [0.1, 0.15) is 11.1 Å². The van der Waals surface area contributed by atoms with Gasteiger partial charge in [0.15, 0.2) is 0 Å². The van der Waals surface area contributed by atoms with E-state index in [4.69, 9.17) is 0 Å². The highest BCUT2D eigenvalue weighted by Gasteiger charge is 2.23. The van der Waals surface area contributed by atoms with Gasteiger partial charge in [0.1, 0.15) is 0 Å². The minimum Gasteiger partial charge on any atom is -0.353 e. The lowest BCUT2D eigenvalue weighted by molar-refractivity contribution is -0.123. The number of hydrogen-bond acceptors (Lipinski definition) is 4. The summed E-state index contributed by atoms with van der Waals surface area (Å²) in [4.78, 5) is 24.8. The Morgan fingerprint density at radius 1 is 1.15 bits per heavy atom. The predicted molar refractivity (Wildman–Crippen MR) is 99.8 cm³/mol. The molecule has 2 heterocycles. The summed E-state index contributed by atoms with van der Waals surface area (Å²) >= 11 is 0. The van der Waals surface area contributed by atoms with Crippen LogP contribution in [0.25, 0.3) is 10.8 Å². The van der Waals surface area contributed by atoms with E-state index in [1.54, 1.807) is 12.3 Å². The third-order valence-electron chi connectivity index (χ3n) is 4.78. The summed E-state index contributed by atoms with van der Waals surface area (Å²) in [5.74, 6) is -0.0478. The van der Waals surface area contributed by atoms with E-state index in [2.05, 4.69) is 27.9 Å². The maximum absolute atomic E-state index is 12.4. The fraction of sp³-hybridized carbons (Fsp3) is 0.250. The zero-order chi connectivity index (χ0) is 17.9. The number of fused-ring (bicyclic) bond motifs is 2. The molecule has 1 aliphatic heterocycles. The van der Waals surface area contributed by atoms with Gasteiger partial charge in [0.05, 0.1) is 24.2 Å². The molecular weight excluding hydrogens is 328 g/mol. The summed E-state index contributed by atoms with van der Waals surface area (Å²) in [6, 6.07) is 15.3. The van der Waals surface area contributed by atoms with Gasteiger partial charge in [0.2, 0.25) is 5.91 Å². The Balaban J connectivity index is 1.37. The van der Waals surface area contributed by atoms with Crippen molar-refractivity contribution < 1.29 is 4.79 Å². The van der Waals surface area contributed by atoms with Gasteiger partial charge in [0.25, 0.3) is 5.56 Å². The Labute approximate surface area is 150 Å². The van der Waals surface area contributed by atoms with Crippen molar-refractivity contribution >= 4 is 16.7 Å². The van der Waals surface area contributed by atoms with Crippen LogP contribution in [0.3, 0.4) is 0 Å². The van der Waals surface area contributed by atoms with Gasteiger partial charge in [-0.25, -0.2) is 4.68 Å². The van der Waals surface area contributed by atoms with Crippen LogP contribution in [0.2, 0.25) is 0 Å². The number of hydrogen-bond donors (Lipinski definition) is 2. The monoisotopic (exact) mass is 348 g/mol. The molecule has 0 saturated carbocycles. The van der Waals surface area contributed by atoms with Crippen molar-refractivity contribution in [3.05, 3.63) is 76.2 Å². The number of nitrogens with zero attached hydrogens (tertiary/aromatic N) is 2. The Kier molecular flexibility index (Phi) is 4.50. The summed E-state index contributed by atoms with van der Waals surface area (Å²) in [7, 11) is 0. The molecule has 26 heavy (non-hydrogen) atoms. The second-order valence-corrected chi connectivity index (χ2v) is 6.46. The fourth-order valence-corrected chi connectivity index (χ4v) is 3.33. The SMILES string of the molecule is O=C(NCCn1ncc2ccccc2c1=O)C1Cc2ccccc2CN1. The molecule has 1 aromatic heterocycles. The molecule has 2 aromatic carbocycles. The summed E-state index contributed by atoms with van der Waals surface area (Å²) < 4.78 is 1.40. The van der Waals surface area contributed by atoms with Crippen LogP contribution in [-0.2, 0) is 24.3 Å². The molecule has 1 atom stereocenters. The zero-order valence-corrected chi connectivity index (χ0v) is 14.3. The first kappa shape index (κ1) is 16.5. The van der Waals surface area contributed by atoms with Crippen molar-refractivity contribution in [1.29, 1.82) is 0 Å². The van der Waals surface area contributed by atoms with Gasteiger partial charge >= 0.3 is 0 Å². The number of carbonyl (C=O) groups excluding carboxylic acids is 1. The predicted octanol–water partition coefficient (Wildman–Crippen LogP) is 1.23. The molecule has 0 radical (unpaired) electrons. The van der Waals surface area contributed by atoms with Crippen molar-refractivity contribution in [3.63, 3.8) is 0 Å². The standard InChI is InChI=1S/C20H20N4O2/c25-19(18-11-14-5-1-2-6-15(14)12-22-18)21-9-10-24-20(26)17-8-4-3-7-16(17)13-23-24/h1-8,13,18,22H,9-12H2,(H,21,25). The number of nitrogens with one attached hydrogen (secondary N) is 2. The van der Waals surface area contributed by atoms with E-state index >= 15 is 0 Å². The van der Waals surface area contributed by atoms with Gasteiger partial charge in [-0.3, -0.25) is 9.59 Å². The van der Waals surface area contributed by atoms with Crippen molar-refractivity contribution in [1.82, 2.24) is 20.4 Å². The molecule has 0 saturated heterocycles. The van der Waals surface area contributed by atoms with E-state index < -0.39 is 0 Å². The Bertz CT molecular complexity index is 1010. The van der Waals surface area contributed by atoms with E-state index in [-0.39, 0.29) is 17.5 Å². The third-order valence-corrected chi connectivity index (χ3v) is 4.78. The highest BCUT2D eigenvalue weighted by Crippen LogP contribution is 2.16. The Hall–Kier alpha value is -2.99. The lowest BCUT2D eigenvalue weighted by atomic mass is 9.95. The van der Waals surface area contributed by atoms with E-state index in [0.717, 1.165) is 5.39 Å². The summed E-state index contributed by atoms with van der Waals surface area (Å²) in [6.45, 7) is 1.41. The number of amides is 1. The van der Waals surface area contributed by atoms with Crippen LogP contribution >= 0.6 is 0 Å². The summed E-state index contributed by atoms with van der Waals surface area (Å²) in [6.07, 6.45) is 2.36. The van der Waals surface area contributed by atoms with E-state index in [0.29, 0.717) is 31.4 Å². The molecule has 4 rings (SSSR count). The van der Waals surface area contributed by atoms with Crippen LogP contribution in [0, 0.1) is 0 Å². The molecule has 1 amide bonds. The van der Waals surface area contributed by atoms with Gasteiger partial charge < -0.3 is 10.6 Å². The molecule has 6 heteroatoms. The van der Waals surface area contributed by atoms with E-state index in [1.165, 1.54) is 15.8 Å². The van der Waals surface area contributed by atoms with E-state index in [9.17, 15) is 9.59 Å². The maximum atomic E-state index is 12.4. The number of aromatic nitrogens is 2. The van der Waals surface area contributed by atoms with Crippen LogP contribution < -0.4 is 16.2 Å². The normalized spacial score (nSPS) is 16.2. The molecular formula is C20H20N4O2. The quantitative estimate of drug-likeness (QED) is 0.744. The van der Waals surface area contributed by atoms with Crippen molar-refractivity contribution in [3.8, 4) is 0 Å². The largest absolute Gasteiger partial charge is 0.353 e. The lowest BCUT2D eigenvalue weighted by Crippen LogP contribution is -2.48. The minimum absolute atomic E-state index is 0.0478. The molecule has 0 fully saturated rings. The molecule has 1 aliphatic rings. The smallest absolute Gasteiger partial charge is 0.274 e. The number of rotatable bonds is 4. The molecule has 0 spiro atoms. The van der Waals surface area contributed by atoms with Crippen LogP contribution in [0.4, 0.5) is 0 Å². The Morgan fingerprint density at radius 3 is 2.81 bits per heavy atom. The molecule has 1 unspecified atom stereocenters. The second-order valence-electron chi connectivity index (χ2n) is 6.46. The Morgan fingerprint density at radius 2 is 1.92 bits per heavy atom. The van der Waals surface area contributed by atoms with Crippen LogP contribution in [0.5, 0.6) is 0 Å². The lowest BCUT2D eigenvalue weighted by Gasteiger charge is -2.25. The number of benzene rings is 2. The minimum atomic E-state index is -0.244. The average Bonchev–Trinajstić information content (AvgIpc) is 2.69. The zero-order valence-electron chi connectivity index (χ0n) is 14.3. The molecule has 2 N–H and O–H groups in total. The second kappa shape index (κ2) is 7.09. The molecule has 6 nitrogen and oxygen atoms in total. The first-order valence-corrected chi connectivity index (χ1v) is 8.75. The number of carbonyl (C=O) groups is 1. The van der Waals surface area contributed by atoms with Crippen molar-refractivity contribution in [2.24, 2.45) is 0 Å². The average molecular weight is 348 g/mol. The van der Waals surface area contributed by atoms with Gasteiger partial charge in [-0.2, -0.15) is 5.10 Å². The summed E-state index contributed by atoms with van der Waals surface area (Å²) in [5.41, 5.74) is 2.31. The van der Waals surface area contributed by atoms with Gasteiger partial charge in [0, 0.05) is 18.5 Å². The molecule has 0 bridgehead atoms. The molecule has 3 aromatic rings. The molecule has 132 valence electrons. The van der Waals surface area contributed by atoms with Gasteiger partial charge in [-0.05, 0) is 23.6 Å². The topological polar surface area (TPSA) is 76.0 Å². The van der Waals surface area contributed by atoms with Gasteiger partial charge in [-0.15, -0.1) is 0 Å². The van der Waals surface area contributed by atoms with Gasteiger partial charge in [-0.1, -0.05) is 42.5 Å². The first-order chi connectivity index (χ1) is 12.7. The summed E-state index contributed by atoms with van der Waals surface area (Å²) in [5, 5.41) is 11.8. The van der Waals surface area contributed by atoms with Crippen molar-refractivity contribution in [2.45, 2.75) is 25.6 Å². The van der Waals surface area contributed by atoms with Crippen LogP contribution in [-0.4, -0.2) is 28.3 Å². The highest BCUT2D eigenvalue weighted by atomic mass is 16.2. The van der Waals surface area contributed by atoms with Crippen molar-refractivity contribution in [2.75, 3.05) is 6.54 Å². The van der Waals surface area contributed by atoms with Crippen LogP contribution in [0.15, 0.2) is 59.5 Å².